The van der Waals surface area contributed by atoms with Crippen molar-refractivity contribution in [3.05, 3.63) is 11.7 Å². The number of hydrogen-bond acceptors (Lipinski definition) is 5. The first-order chi connectivity index (χ1) is 8.16. The molecule has 1 aliphatic rings. The first-order valence-electron chi connectivity index (χ1n) is 6.33. The molecule has 0 amide bonds. The topological polar surface area (TPSA) is 74.2 Å². The van der Waals surface area contributed by atoms with Gasteiger partial charge in [0.1, 0.15) is 0 Å². The highest BCUT2D eigenvalue weighted by Crippen LogP contribution is 2.25. The summed E-state index contributed by atoms with van der Waals surface area (Å²) >= 11 is 0. The van der Waals surface area contributed by atoms with Gasteiger partial charge in [-0.05, 0) is 25.2 Å². The van der Waals surface area contributed by atoms with Crippen LogP contribution in [0.3, 0.4) is 0 Å². The molecule has 17 heavy (non-hydrogen) atoms. The maximum atomic E-state index is 6.01. The van der Waals surface area contributed by atoms with Crippen LogP contribution in [0.2, 0.25) is 0 Å². The van der Waals surface area contributed by atoms with Gasteiger partial charge in [0.25, 0.3) is 0 Å². The smallest absolute Gasteiger partial charge is 0.243 e. The van der Waals surface area contributed by atoms with Crippen LogP contribution in [0, 0.1) is 5.92 Å². The van der Waals surface area contributed by atoms with Crippen molar-refractivity contribution >= 4 is 0 Å². The van der Waals surface area contributed by atoms with Crippen LogP contribution in [-0.2, 0) is 4.74 Å². The molecule has 96 valence electrons. The van der Waals surface area contributed by atoms with E-state index in [1.165, 1.54) is 0 Å². The Bertz CT molecular complexity index is 345. The summed E-state index contributed by atoms with van der Waals surface area (Å²) in [5, 5.41) is 4.02. The monoisotopic (exact) mass is 239 g/mol. The minimum Gasteiger partial charge on any atom is -0.381 e. The Labute approximate surface area is 102 Å². The third-order valence-electron chi connectivity index (χ3n) is 3.03. The van der Waals surface area contributed by atoms with Crippen molar-refractivity contribution in [3.8, 4) is 0 Å². The van der Waals surface area contributed by atoms with E-state index in [0.717, 1.165) is 31.7 Å². The van der Waals surface area contributed by atoms with E-state index in [4.69, 9.17) is 15.0 Å². The number of nitrogens with zero attached hydrogens (tertiary/aromatic N) is 2. The van der Waals surface area contributed by atoms with Crippen molar-refractivity contribution in [2.24, 2.45) is 11.7 Å². The van der Waals surface area contributed by atoms with Crippen molar-refractivity contribution in [1.82, 2.24) is 10.1 Å². The molecule has 1 aliphatic heterocycles. The molecule has 2 unspecified atom stereocenters. The summed E-state index contributed by atoms with van der Waals surface area (Å²) in [6.45, 7) is 5.80. The minimum absolute atomic E-state index is 0.152. The molecule has 2 rings (SSSR count). The second kappa shape index (κ2) is 5.60. The molecule has 2 atom stereocenters. The fourth-order valence-electron chi connectivity index (χ4n) is 2.12. The Hall–Kier alpha value is -0.940. The minimum atomic E-state index is -0.152. The van der Waals surface area contributed by atoms with Gasteiger partial charge >= 0.3 is 0 Å². The molecule has 2 heterocycles. The van der Waals surface area contributed by atoms with Gasteiger partial charge in [-0.25, -0.2) is 0 Å². The van der Waals surface area contributed by atoms with Crippen LogP contribution in [0.25, 0.3) is 0 Å². The number of aromatic nitrogens is 2. The van der Waals surface area contributed by atoms with Crippen LogP contribution in [0.5, 0.6) is 0 Å². The van der Waals surface area contributed by atoms with Gasteiger partial charge in [-0.1, -0.05) is 19.0 Å². The zero-order valence-electron chi connectivity index (χ0n) is 10.6. The third kappa shape index (κ3) is 3.26. The van der Waals surface area contributed by atoms with E-state index in [-0.39, 0.29) is 12.0 Å². The lowest BCUT2D eigenvalue weighted by molar-refractivity contribution is 0.0773. The average molecular weight is 239 g/mol. The van der Waals surface area contributed by atoms with Gasteiger partial charge in [0, 0.05) is 12.5 Å². The molecular formula is C12H21N3O2. The lowest BCUT2D eigenvalue weighted by Gasteiger charge is -2.18. The third-order valence-corrected chi connectivity index (χ3v) is 3.03. The van der Waals surface area contributed by atoms with Crippen molar-refractivity contribution in [1.29, 1.82) is 0 Å². The van der Waals surface area contributed by atoms with Gasteiger partial charge in [-0.2, -0.15) is 4.98 Å². The summed E-state index contributed by atoms with van der Waals surface area (Å²) in [5.74, 6) is 2.10. The van der Waals surface area contributed by atoms with E-state index in [9.17, 15) is 0 Å². The Morgan fingerprint density at radius 2 is 2.29 bits per heavy atom. The van der Waals surface area contributed by atoms with Gasteiger partial charge in [0.15, 0.2) is 5.82 Å². The zero-order valence-corrected chi connectivity index (χ0v) is 10.6. The quantitative estimate of drug-likeness (QED) is 0.870. The van der Waals surface area contributed by atoms with Crippen LogP contribution < -0.4 is 5.73 Å². The van der Waals surface area contributed by atoms with Crippen LogP contribution in [0.15, 0.2) is 4.52 Å². The lowest BCUT2D eigenvalue weighted by atomic mass is 10.0. The molecular weight excluding hydrogens is 218 g/mol. The van der Waals surface area contributed by atoms with Crippen molar-refractivity contribution in [2.75, 3.05) is 13.2 Å². The highest BCUT2D eigenvalue weighted by atomic mass is 16.5. The van der Waals surface area contributed by atoms with Crippen molar-refractivity contribution < 1.29 is 9.26 Å². The molecule has 2 N–H and O–H groups in total. The zero-order chi connectivity index (χ0) is 12.3. The SMILES string of the molecule is CC(C)CC(N)c1nc(C2CCCOC2)no1. The fourth-order valence-corrected chi connectivity index (χ4v) is 2.12. The maximum absolute atomic E-state index is 6.01. The van der Waals surface area contributed by atoms with Crippen LogP contribution in [-0.4, -0.2) is 23.4 Å². The molecule has 0 bridgehead atoms. The van der Waals surface area contributed by atoms with Crippen molar-refractivity contribution in [3.63, 3.8) is 0 Å². The molecule has 0 radical (unpaired) electrons. The first kappa shape index (κ1) is 12.5. The van der Waals surface area contributed by atoms with Crippen LogP contribution in [0.1, 0.15) is 56.8 Å². The molecule has 0 spiro atoms. The largest absolute Gasteiger partial charge is 0.381 e. The molecule has 1 fully saturated rings. The van der Waals surface area contributed by atoms with Gasteiger partial charge in [0.2, 0.25) is 5.89 Å². The van der Waals surface area contributed by atoms with E-state index in [1.807, 2.05) is 0 Å². The summed E-state index contributed by atoms with van der Waals surface area (Å²) in [7, 11) is 0. The summed E-state index contributed by atoms with van der Waals surface area (Å²) in [6, 6.07) is -0.152. The predicted octanol–water partition coefficient (Wildman–Crippen LogP) is 2.01. The lowest BCUT2D eigenvalue weighted by Crippen LogP contribution is -2.17. The molecule has 0 saturated carbocycles. The molecule has 5 heteroatoms. The van der Waals surface area contributed by atoms with E-state index in [0.29, 0.717) is 18.4 Å². The molecule has 0 aliphatic carbocycles. The highest BCUT2D eigenvalue weighted by molar-refractivity contribution is 4.99. The summed E-state index contributed by atoms with van der Waals surface area (Å²) in [5.41, 5.74) is 6.01. The fraction of sp³-hybridized carbons (Fsp3) is 0.833. The molecule has 1 saturated heterocycles. The normalized spacial score (nSPS) is 22.9. The van der Waals surface area contributed by atoms with Crippen LogP contribution >= 0.6 is 0 Å². The number of nitrogens with two attached hydrogens (primary N) is 1. The maximum Gasteiger partial charge on any atom is 0.243 e. The van der Waals surface area contributed by atoms with E-state index < -0.39 is 0 Å². The van der Waals surface area contributed by atoms with E-state index in [2.05, 4.69) is 24.0 Å². The van der Waals surface area contributed by atoms with Crippen molar-refractivity contribution in [2.45, 2.75) is 45.1 Å². The summed E-state index contributed by atoms with van der Waals surface area (Å²) in [4.78, 5) is 4.40. The predicted molar refractivity (Wildman–Crippen MR) is 63.5 cm³/mol. The Kier molecular flexibility index (Phi) is 4.12. The van der Waals surface area contributed by atoms with Gasteiger partial charge in [-0.3, -0.25) is 0 Å². The number of rotatable bonds is 4. The van der Waals surface area contributed by atoms with E-state index >= 15 is 0 Å². The molecule has 5 nitrogen and oxygen atoms in total. The molecule has 1 aromatic rings. The second-order valence-electron chi connectivity index (χ2n) is 5.14. The highest BCUT2D eigenvalue weighted by Gasteiger charge is 2.23. The van der Waals surface area contributed by atoms with E-state index in [1.54, 1.807) is 0 Å². The standard InChI is InChI=1S/C12H21N3O2/c1-8(2)6-10(13)12-14-11(15-17-12)9-4-3-5-16-7-9/h8-10H,3-7,13H2,1-2H3. The van der Waals surface area contributed by atoms with Crippen LogP contribution in [0.4, 0.5) is 0 Å². The average Bonchev–Trinajstić information content (AvgIpc) is 2.78. The van der Waals surface area contributed by atoms with Gasteiger partial charge < -0.3 is 15.0 Å². The summed E-state index contributed by atoms with van der Waals surface area (Å²) < 4.78 is 10.7. The summed E-state index contributed by atoms with van der Waals surface area (Å²) in [6.07, 6.45) is 2.99. The second-order valence-corrected chi connectivity index (χ2v) is 5.14. The Morgan fingerprint density at radius 1 is 1.47 bits per heavy atom. The number of ether oxygens (including phenoxy) is 1. The van der Waals surface area contributed by atoms with Gasteiger partial charge in [-0.15, -0.1) is 0 Å². The molecule has 1 aromatic heterocycles. The Morgan fingerprint density at radius 3 is 2.94 bits per heavy atom. The van der Waals surface area contributed by atoms with Gasteiger partial charge in [0.05, 0.1) is 12.6 Å². The molecule has 0 aromatic carbocycles. The number of hydrogen-bond donors (Lipinski definition) is 1. The first-order valence-corrected chi connectivity index (χ1v) is 6.33. The Balaban J connectivity index is 1.99.